The Labute approximate surface area is 284 Å². The van der Waals surface area contributed by atoms with E-state index in [1.165, 1.54) is 0 Å². The third-order valence-corrected chi connectivity index (χ3v) is 8.22. The first-order valence-corrected chi connectivity index (χ1v) is 16.0. The van der Waals surface area contributed by atoms with Gasteiger partial charge in [-0.2, -0.15) is 0 Å². The van der Waals surface area contributed by atoms with Crippen LogP contribution in [0.2, 0.25) is 10.0 Å². The normalized spacial score (nSPS) is 13.7. The molecule has 0 saturated carbocycles. The van der Waals surface area contributed by atoms with Gasteiger partial charge in [0.2, 0.25) is 0 Å². The number of aliphatic hydroxyl groups excluding tert-OH is 2. The molecule has 3 aromatic rings. The number of hydrogen-bond acceptors (Lipinski definition) is 10. The Kier molecular flexibility index (Phi) is 14.1. The van der Waals surface area contributed by atoms with Crippen molar-refractivity contribution in [2.75, 3.05) is 46.1 Å². The molecule has 1 aliphatic rings. The quantitative estimate of drug-likeness (QED) is 0.0483. The summed E-state index contributed by atoms with van der Waals surface area (Å²) in [5.74, 6) is 1.64. The van der Waals surface area contributed by atoms with Crippen molar-refractivity contribution in [2.24, 2.45) is 10.9 Å². The third-order valence-electron chi connectivity index (χ3n) is 7.47. The Balaban J connectivity index is 1.38. The molecule has 1 aliphatic carbocycles. The first-order chi connectivity index (χ1) is 22.9. The maximum Gasteiger partial charge on any atom is 0.142 e. The third kappa shape index (κ3) is 10.3. The number of allylic oxidation sites excluding steroid dienone is 2. The monoisotopic (exact) mass is 682 g/mol. The summed E-state index contributed by atoms with van der Waals surface area (Å²) in [5, 5.41) is 39.3. The molecule has 10 nitrogen and oxygen atoms in total. The molecule has 12 heteroatoms. The van der Waals surface area contributed by atoms with Crippen LogP contribution in [0.25, 0.3) is 11.1 Å². The largest absolute Gasteiger partial charge is 0.494 e. The molecule has 47 heavy (non-hydrogen) atoms. The number of halogens is 2. The van der Waals surface area contributed by atoms with Crippen LogP contribution in [0.1, 0.15) is 24.0 Å². The van der Waals surface area contributed by atoms with E-state index in [1.807, 2.05) is 47.4 Å². The fourth-order valence-electron chi connectivity index (χ4n) is 4.97. The fraction of sp³-hybridized carbons (Fsp3) is 0.314. The van der Waals surface area contributed by atoms with Crippen LogP contribution in [0.3, 0.4) is 0 Å². The number of oxime groups is 1. The minimum absolute atomic E-state index is 0.0703. The number of nitrogens with one attached hydrogen (secondary N) is 1. The Morgan fingerprint density at radius 3 is 2.32 bits per heavy atom. The molecule has 0 amide bonds. The van der Waals surface area contributed by atoms with Crippen molar-refractivity contribution in [3.63, 3.8) is 0 Å². The highest BCUT2D eigenvalue weighted by Gasteiger charge is 2.15. The average Bonchev–Trinajstić information content (AvgIpc) is 3.07. The van der Waals surface area contributed by atoms with Crippen molar-refractivity contribution in [1.82, 2.24) is 4.90 Å². The van der Waals surface area contributed by atoms with Gasteiger partial charge in [0.05, 0.1) is 35.6 Å². The molecule has 0 unspecified atom stereocenters. The van der Waals surface area contributed by atoms with Gasteiger partial charge in [-0.1, -0.05) is 64.8 Å². The maximum atomic E-state index is 9.17. The number of unbranched alkanes of at least 4 members (excludes halogenated alkanes) is 1. The Bertz CT molecular complexity index is 1600. The van der Waals surface area contributed by atoms with Crippen molar-refractivity contribution >= 4 is 34.6 Å². The summed E-state index contributed by atoms with van der Waals surface area (Å²) in [7, 11) is 0. The first-order valence-electron chi connectivity index (χ1n) is 15.3. The second-order valence-corrected chi connectivity index (χ2v) is 11.6. The van der Waals surface area contributed by atoms with Gasteiger partial charge in [-0.25, -0.2) is 0 Å². The van der Waals surface area contributed by atoms with E-state index in [9.17, 15) is 10.2 Å². The van der Waals surface area contributed by atoms with E-state index in [-0.39, 0.29) is 44.4 Å². The van der Waals surface area contributed by atoms with E-state index in [0.29, 0.717) is 46.8 Å². The lowest BCUT2D eigenvalue weighted by atomic mass is 10.0. The second kappa shape index (κ2) is 18.4. The van der Waals surface area contributed by atoms with Crippen LogP contribution in [0.5, 0.6) is 17.2 Å². The van der Waals surface area contributed by atoms with Crippen LogP contribution in [-0.2, 0) is 13.2 Å². The summed E-state index contributed by atoms with van der Waals surface area (Å²) >= 11 is 13.4. The number of nitrogens with two attached hydrogens (primary N) is 1. The summed E-state index contributed by atoms with van der Waals surface area (Å²) in [5.41, 5.74) is 10.1. The SMILES string of the molecule is N=C1C=C(COc2cc(OCc3cccc(-c4cccc(OCCCCN(CCO)CCO)c4)c3Cl)c(Cl)cc2CN)C=C/C1=N/O. The highest BCUT2D eigenvalue weighted by molar-refractivity contribution is 6.50. The van der Waals surface area contributed by atoms with E-state index >= 15 is 0 Å². The van der Waals surface area contributed by atoms with Crippen molar-refractivity contribution < 1.29 is 29.6 Å². The predicted molar refractivity (Wildman–Crippen MR) is 186 cm³/mol. The molecule has 0 radical (unpaired) electrons. The van der Waals surface area contributed by atoms with Gasteiger partial charge >= 0.3 is 0 Å². The molecule has 0 fully saturated rings. The van der Waals surface area contributed by atoms with Gasteiger partial charge in [-0.05, 0) is 60.9 Å². The average molecular weight is 684 g/mol. The van der Waals surface area contributed by atoms with E-state index in [0.717, 1.165) is 47.4 Å². The van der Waals surface area contributed by atoms with Crippen molar-refractivity contribution in [3.8, 4) is 28.4 Å². The van der Waals surface area contributed by atoms with E-state index in [4.69, 9.17) is 53.8 Å². The Morgan fingerprint density at radius 2 is 1.60 bits per heavy atom. The van der Waals surface area contributed by atoms with Crippen LogP contribution in [0.15, 0.2) is 83.6 Å². The first kappa shape index (κ1) is 35.9. The number of benzene rings is 3. The van der Waals surface area contributed by atoms with Gasteiger partial charge in [0.1, 0.15) is 36.2 Å². The van der Waals surface area contributed by atoms with E-state index in [1.54, 1.807) is 30.4 Å². The van der Waals surface area contributed by atoms with Crippen LogP contribution >= 0.6 is 23.2 Å². The number of ether oxygens (including phenoxy) is 3. The van der Waals surface area contributed by atoms with Gasteiger partial charge in [-0.3, -0.25) is 10.3 Å². The second-order valence-electron chi connectivity index (χ2n) is 10.8. The molecule has 0 heterocycles. The molecule has 0 spiro atoms. The van der Waals surface area contributed by atoms with Gasteiger partial charge in [0.25, 0.3) is 0 Å². The topological polar surface area (TPSA) is 154 Å². The summed E-state index contributed by atoms with van der Waals surface area (Å²) in [6.07, 6.45) is 6.56. The minimum atomic E-state index is 0.0703. The molecule has 0 saturated heterocycles. The lowest BCUT2D eigenvalue weighted by Crippen LogP contribution is -2.31. The lowest BCUT2D eigenvalue weighted by molar-refractivity contribution is 0.157. The summed E-state index contributed by atoms with van der Waals surface area (Å²) in [6.45, 7) is 3.09. The highest BCUT2D eigenvalue weighted by atomic mass is 35.5. The molecular formula is C35H40Cl2N4O6. The van der Waals surface area contributed by atoms with Gasteiger partial charge in [0.15, 0.2) is 0 Å². The highest BCUT2D eigenvalue weighted by Crippen LogP contribution is 2.36. The van der Waals surface area contributed by atoms with Crippen molar-refractivity contribution in [3.05, 3.63) is 99.6 Å². The smallest absolute Gasteiger partial charge is 0.142 e. The van der Waals surface area contributed by atoms with Crippen LogP contribution in [-0.4, -0.2) is 77.8 Å². The molecular weight excluding hydrogens is 643 g/mol. The Morgan fingerprint density at radius 1 is 0.830 bits per heavy atom. The Hall–Kier alpha value is -3.90. The van der Waals surface area contributed by atoms with Crippen LogP contribution in [0, 0.1) is 5.41 Å². The summed E-state index contributed by atoms with van der Waals surface area (Å²) < 4.78 is 18.1. The minimum Gasteiger partial charge on any atom is -0.494 e. The summed E-state index contributed by atoms with van der Waals surface area (Å²) in [6, 6.07) is 16.9. The fourth-order valence-corrected chi connectivity index (χ4v) is 5.50. The van der Waals surface area contributed by atoms with Gasteiger partial charge < -0.3 is 35.4 Å². The number of hydrogen-bond donors (Lipinski definition) is 5. The molecule has 250 valence electrons. The standard InChI is InChI=1S/C35H40Cl2N4O6/c36-30-19-27(21-38)33(46-22-24-9-10-32(40-44)31(39)17-24)20-34(30)47-23-26-6-4-8-29(35(26)37)25-5-3-7-28(18-25)45-16-2-1-11-41(12-14-42)13-15-43/h3-10,17-20,39,42-44H,1-2,11-16,21-23,38H2/b39-31?,40-32-. The van der Waals surface area contributed by atoms with E-state index < -0.39 is 0 Å². The summed E-state index contributed by atoms with van der Waals surface area (Å²) in [4.78, 5) is 2.03. The molecule has 0 aromatic heterocycles. The molecule has 0 bridgehead atoms. The molecule has 0 aliphatic heterocycles. The molecule has 0 atom stereocenters. The number of rotatable bonds is 18. The van der Waals surface area contributed by atoms with Gasteiger partial charge in [0, 0.05) is 42.4 Å². The number of nitrogens with zero attached hydrogens (tertiary/aromatic N) is 2. The zero-order valence-electron chi connectivity index (χ0n) is 26.0. The molecule has 6 N–H and O–H groups in total. The molecule has 3 aromatic carbocycles. The lowest BCUT2D eigenvalue weighted by Gasteiger charge is -2.19. The van der Waals surface area contributed by atoms with Crippen molar-refractivity contribution in [1.29, 1.82) is 5.41 Å². The van der Waals surface area contributed by atoms with Crippen LogP contribution < -0.4 is 19.9 Å². The molecule has 4 rings (SSSR count). The zero-order chi connectivity index (χ0) is 33.6. The predicted octanol–water partition coefficient (Wildman–Crippen LogP) is 5.87. The number of aliphatic hydroxyl groups is 2. The van der Waals surface area contributed by atoms with Crippen LogP contribution in [0.4, 0.5) is 0 Å². The van der Waals surface area contributed by atoms with Gasteiger partial charge in [-0.15, -0.1) is 0 Å². The van der Waals surface area contributed by atoms with E-state index in [2.05, 4.69) is 5.16 Å². The zero-order valence-corrected chi connectivity index (χ0v) is 27.5. The van der Waals surface area contributed by atoms with Crippen molar-refractivity contribution in [2.45, 2.75) is 26.0 Å². The maximum absolute atomic E-state index is 9.17.